The average Bonchev–Trinajstić information content (AvgIpc) is 2.64. The third-order valence-electron chi connectivity index (χ3n) is 5.93. The van der Waals surface area contributed by atoms with Crippen LogP contribution in [0.25, 0.3) is 0 Å². The summed E-state index contributed by atoms with van der Waals surface area (Å²) < 4.78 is 0. The summed E-state index contributed by atoms with van der Waals surface area (Å²) >= 11 is 0. The molecule has 1 aromatic carbocycles. The normalized spacial score (nSPS) is 11.5. The number of rotatable bonds is 15. The Balaban J connectivity index is 2.56. The van der Waals surface area contributed by atoms with Crippen LogP contribution in [0, 0.1) is 20.8 Å². The first-order valence-corrected chi connectivity index (χ1v) is 13.1. The van der Waals surface area contributed by atoms with Gasteiger partial charge in [-0.05, 0) is 67.9 Å². The molecule has 0 atom stereocenters. The van der Waals surface area contributed by atoms with Gasteiger partial charge < -0.3 is 0 Å². The van der Waals surface area contributed by atoms with Gasteiger partial charge in [-0.1, -0.05) is 98.1 Å². The number of hydrogen-bond acceptors (Lipinski definition) is 0. The minimum absolute atomic E-state index is 0.0458. The third kappa shape index (κ3) is 9.03. The number of unbranched alkanes of at least 4 members (excludes halogenated alkanes) is 10. The van der Waals surface area contributed by atoms with Gasteiger partial charge in [0.05, 0.1) is 0 Å². The molecule has 26 heavy (non-hydrogen) atoms. The van der Waals surface area contributed by atoms with E-state index in [4.69, 9.17) is 0 Å². The molecule has 0 aliphatic rings. The molecule has 0 radical (unpaired) electrons. The lowest BCUT2D eigenvalue weighted by molar-refractivity contribution is 0.622. The van der Waals surface area contributed by atoms with Gasteiger partial charge in [0.25, 0.3) is 0 Å². The first kappa shape index (κ1) is 23.7. The molecular formula is C25H45P. The van der Waals surface area contributed by atoms with Crippen molar-refractivity contribution in [2.75, 3.05) is 12.3 Å². The highest BCUT2D eigenvalue weighted by Crippen LogP contribution is 2.39. The average molecular weight is 377 g/mol. The molecule has 1 aromatic rings. The molecule has 0 N–H and O–H groups in total. The quantitative estimate of drug-likeness (QED) is 0.213. The molecule has 0 bridgehead atoms. The molecule has 0 heterocycles. The fraction of sp³-hybridized carbons (Fsp3) is 0.760. The second-order valence-electron chi connectivity index (χ2n) is 8.17. The highest BCUT2D eigenvalue weighted by atomic mass is 31.1. The Morgan fingerprint density at radius 2 is 1.04 bits per heavy atom. The van der Waals surface area contributed by atoms with Crippen LogP contribution < -0.4 is 5.30 Å². The van der Waals surface area contributed by atoms with E-state index in [1.165, 1.54) is 101 Å². The van der Waals surface area contributed by atoms with E-state index in [9.17, 15) is 0 Å². The Morgan fingerprint density at radius 1 is 0.577 bits per heavy atom. The van der Waals surface area contributed by atoms with Crippen LogP contribution in [0.3, 0.4) is 0 Å². The molecule has 0 aromatic heterocycles. The summed E-state index contributed by atoms with van der Waals surface area (Å²) in [7, 11) is 0.0458. The van der Waals surface area contributed by atoms with Crippen molar-refractivity contribution in [1.29, 1.82) is 0 Å². The molecule has 0 fully saturated rings. The van der Waals surface area contributed by atoms with Crippen LogP contribution in [-0.4, -0.2) is 12.3 Å². The molecule has 0 aliphatic heterocycles. The van der Waals surface area contributed by atoms with Crippen LogP contribution in [0.1, 0.15) is 108 Å². The zero-order valence-electron chi connectivity index (χ0n) is 18.5. The van der Waals surface area contributed by atoms with Crippen molar-refractivity contribution in [3.8, 4) is 0 Å². The van der Waals surface area contributed by atoms with E-state index in [2.05, 4.69) is 46.8 Å². The maximum Gasteiger partial charge on any atom is -0.0208 e. The maximum absolute atomic E-state index is 2.47. The molecule has 0 nitrogen and oxygen atoms in total. The van der Waals surface area contributed by atoms with Crippen molar-refractivity contribution < 1.29 is 0 Å². The zero-order valence-corrected chi connectivity index (χ0v) is 19.4. The SMILES string of the molecule is CCCCCCCCP(CCCCCCCC)c1ccc(C)c(C)c1C. The van der Waals surface area contributed by atoms with E-state index in [-0.39, 0.29) is 7.92 Å². The van der Waals surface area contributed by atoms with E-state index >= 15 is 0 Å². The smallest absolute Gasteiger partial charge is 0.0208 e. The Morgan fingerprint density at radius 3 is 1.54 bits per heavy atom. The topological polar surface area (TPSA) is 0 Å². The van der Waals surface area contributed by atoms with Crippen LogP contribution in [0.15, 0.2) is 12.1 Å². The van der Waals surface area contributed by atoms with Crippen LogP contribution in [-0.2, 0) is 0 Å². The lowest BCUT2D eigenvalue weighted by Gasteiger charge is -2.22. The molecule has 0 saturated carbocycles. The Hall–Kier alpha value is -0.350. The van der Waals surface area contributed by atoms with Gasteiger partial charge in [0.2, 0.25) is 0 Å². The monoisotopic (exact) mass is 376 g/mol. The lowest BCUT2D eigenvalue weighted by Crippen LogP contribution is -2.12. The van der Waals surface area contributed by atoms with E-state index in [0.717, 1.165) is 0 Å². The van der Waals surface area contributed by atoms with Gasteiger partial charge in [-0.2, -0.15) is 0 Å². The molecule has 0 saturated heterocycles. The highest BCUT2D eigenvalue weighted by molar-refractivity contribution is 7.65. The largest absolute Gasteiger partial charge is 0.0750 e. The van der Waals surface area contributed by atoms with Gasteiger partial charge >= 0.3 is 0 Å². The van der Waals surface area contributed by atoms with Crippen LogP contribution in [0.5, 0.6) is 0 Å². The summed E-state index contributed by atoms with van der Waals surface area (Å²) in [6.45, 7) is 11.6. The Bertz CT molecular complexity index is 461. The van der Waals surface area contributed by atoms with E-state index in [1.54, 1.807) is 10.9 Å². The predicted molar refractivity (Wildman–Crippen MR) is 124 cm³/mol. The van der Waals surface area contributed by atoms with Crippen molar-refractivity contribution in [2.45, 2.75) is 112 Å². The Kier molecular flexibility index (Phi) is 13.4. The van der Waals surface area contributed by atoms with Gasteiger partial charge in [-0.3, -0.25) is 0 Å². The molecule has 0 unspecified atom stereocenters. The number of benzene rings is 1. The molecule has 1 rings (SSSR count). The first-order chi connectivity index (χ1) is 12.6. The van der Waals surface area contributed by atoms with Crippen molar-refractivity contribution in [3.05, 3.63) is 28.8 Å². The third-order valence-corrected chi connectivity index (χ3v) is 8.81. The fourth-order valence-corrected chi connectivity index (χ4v) is 6.65. The molecule has 0 aliphatic carbocycles. The van der Waals surface area contributed by atoms with Gasteiger partial charge in [-0.25, -0.2) is 0 Å². The minimum atomic E-state index is 0.0458. The van der Waals surface area contributed by atoms with Crippen molar-refractivity contribution in [3.63, 3.8) is 0 Å². The molecule has 1 heteroatoms. The van der Waals surface area contributed by atoms with Crippen LogP contribution >= 0.6 is 7.92 Å². The van der Waals surface area contributed by atoms with E-state index < -0.39 is 0 Å². The fourth-order valence-electron chi connectivity index (χ4n) is 3.80. The molecular weight excluding hydrogens is 331 g/mol. The molecule has 0 spiro atoms. The van der Waals surface area contributed by atoms with Gasteiger partial charge in [0.1, 0.15) is 0 Å². The van der Waals surface area contributed by atoms with Crippen molar-refractivity contribution in [2.24, 2.45) is 0 Å². The van der Waals surface area contributed by atoms with Crippen LogP contribution in [0.4, 0.5) is 0 Å². The number of aryl methyl sites for hydroxylation is 1. The standard InChI is InChI=1S/C25H45P/c1-6-8-10-12-14-16-20-26(21-17-15-13-11-9-7-2)25-19-18-22(3)23(4)24(25)5/h18-19H,6-17,20-21H2,1-5H3. The van der Waals surface area contributed by atoms with Gasteiger partial charge in [0, 0.05) is 0 Å². The first-order valence-electron chi connectivity index (χ1n) is 11.4. The summed E-state index contributed by atoms with van der Waals surface area (Å²) in [4.78, 5) is 0. The predicted octanol–water partition coefficient (Wildman–Crippen LogP) is 8.44. The molecule has 0 amide bonds. The second-order valence-corrected chi connectivity index (χ2v) is 10.6. The Labute approximate surface area is 166 Å². The minimum Gasteiger partial charge on any atom is -0.0750 e. The van der Waals surface area contributed by atoms with Gasteiger partial charge in [-0.15, -0.1) is 0 Å². The van der Waals surface area contributed by atoms with E-state index in [1.807, 2.05) is 0 Å². The van der Waals surface area contributed by atoms with E-state index in [0.29, 0.717) is 0 Å². The van der Waals surface area contributed by atoms with Crippen molar-refractivity contribution >= 4 is 13.2 Å². The molecule has 150 valence electrons. The second kappa shape index (κ2) is 14.7. The van der Waals surface area contributed by atoms with Crippen LogP contribution in [0.2, 0.25) is 0 Å². The maximum atomic E-state index is 2.47. The summed E-state index contributed by atoms with van der Waals surface area (Å²) in [5.41, 5.74) is 4.58. The van der Waals surface area contributed by atoms with Crippen molar-refractivity contribution in [1.82, 2.24) is 0 Å². The summed E-state index contributed by atoms with van der Waals surface area (Å²) in [5.74, 6) is 0. The zero-order chi connectivity index (χ0) is 19.2. The summed E-state index contributed by atoms with van der Waals surface area (Å²) in [6.07, 6.45) is 20.0. The summed E-state index contributed by atoms with van der Waals surface area (Å²) in [5, 5.41) is 1.71. The summed E-state index contributed by atoms with van der Waals surface area (Å²) in [6, 6.07) is 4.84. The van der Waals surface area contributed by atoms with Gasteiger partial charge in [0.15, 0.2) is 0 Å². The lowest BCUT2D eigenvalue weighted by atomic mass is 10.1. The highest BCUT2D eigenvalue weighted by Gasteiger charge is 2.15. The number of hydrogen-bond donors (Lipinski definition) is 0.